The topological polar surface area (TPSA) is 42.7 Å². The summed E-state index contributed by atoms with van der Waals surface area (Å²) < 4.78 is 1.89. The molecule has 2 aromatic heterocycles. The number of rotatable bonds is 4. The molecule has 4 nitrogen and oxygen atoms in total. The van der Waals surface area contributed by atoms with Crippen molar-refractivity contribution in [3.8, 4) is 0 Å². The number of aromatic nitrogens is 3. The van der Waals surface area contributed by atoms with E-state index in [9.17, 15) is 0 Å². The lowest BCUT2D eigenvalue weighted by Crippen LogP contribution is -2.20. The summed E-state index contributed by atoms with van der Waals surface area (Å²) in [6.45, 7) is 2.94. The summed E-state index contributed by atoms with van der Waals surface area (Å²) in [5.41, 5.74) is 1.19. The van der Waals surface area contributed by atoms with Gasteiger partial charge in [0.2, 0.25) is 0 Å². The molecule has 80 valence electrons. The van der Waals surface area contributed by atoms with Crippen molar-refractivity contribution >= 4 is 11.3 Å². The van der Waals surface area contributed by atoms with Crippen molar-refractivity contribution in [3.63, 3.8) is 0 Å². The van der Waals surface area contributed by atoms with Crippen molar-refractivity contribution in [1.82, 2.24) is 20.1 Å². The van der Waals surface area contributed by atoms with Gasteiger partial charge in [0.15, 0.2) is 0 Å². The SMILES string of the molecule is CC(NCc1nccs1)c1ccnn1C. The Balaban J connectivity index is 1.93. The zero-order valence-electron chi connectivity index (χ0n) is 8.84. The van der Waals surface area contributed by atoms with Crippen molar-refractivity contribution in [3.05, 3.63) is 34.5 Å². The number of thiazole rings is 1. The Bertz CT molecular complexity index is 407. The van der Waals surface area contributed by atoms with Gasteiger partial charge in [-0.05, 0) is 13.0 Å². The van der Waals surface area contributed by atoms with Crippen LogP contribution in [0, 0.1) is 0 Å². The Morgan fingerprint density at radius 3 is 3.00 bits per heavy atom. The van der Waals surface area contributed by atoms with Crippen molar-refractivity contribution in [1.29, 1.82) is 0 Å². The summed E-state index contributed by atoms with van der Waals surface area (Å²) in [4.78, 5) is 4.23. The van der Waals surface area contributed by atoms with Crippen LogP contribution in [-0.4, -0.2) is 14.8 Å². The maximum atomic E-state index is 4.23. The van der Waals surface area contributed by atoms with Gasteiger partial charge in [0.25, 0.3) is 0 Å². The zero-order chi connectivity index (χ0) is 10.7. The van der Waals surface area contributed by atoms with Gasteiger partial charge in [-0.1, -0.05) is 0 Å². The van der Waals surface area contributed by atoms with Crippen LogP contribution in [-0.2, 0) is 13.6 Å². The summed E-state index contributed by atoms with van der Waals surface area (Å²) in [5.74, 6) is 0. The van der Waals surface area contributed by atoms with Crippen LogP contribution in [0.1, 0.15) is 23.7 Å². The van der Waals surface area contributed by atoms with Crippen LogP contribution in [0.3, 0.4) is 0 Å². The third-order valence-electron chi connectivity index (χ3n) is 2.35. The highest BCUT2D eigenvalue weighted by molar-refractivity contribution is 7.09. The highest BCUT2D eigenvalue weighted by atomic mass is 32.1. The molecule has 0 spiro atoms. The van der Waals surface area contributed by atoms with Crippen molar-refractivity contribution in [2.45, 2.75) is 19.5 Å². The van der Waals surface area contributed by atoms with E-state index < -0.39 is 0 Å². The van der Waals surface area contributed by atoms with Crippen LogP contribution in [0.5, 0.6) is 0 Å². The lowest BCUT2D eigenvalue weighted by Gasteiger charge is -2.12. The Kier molecular flexibility index (Phi) is 3.13. The summed E-state index contributed by atoms with van der Waals surface area (Å²) in [5, 5.41) is 10.7. The lowest BCUT2D eigenvalue weighted by molar-refractivity contribution is 0.529. The molecule has 0 saturated carbocycles. The van der Waals surface area contributed by atoms with Crippen LogP contribution in [0.2, 0.25) is 0 Å². The van der Waals surface area contributed by atoms with Gasteiger partial charge in [-0.3, -0.25) is 4.68 Å². The highest BCUT2D eigenvalue weighted by Gasteiger charge is 2.08. The van der Waals surface area contributed by atoms with Gasteiger partial charge in [-0.25, -0.2) is 4.98 Å². The number of nitrogens with zero attached hydrogens (tertiary/aromatic N) is 3. The molecule has 0 saturated heterocycles. The van der Waals surface area contributed by atoms with E-state index in [1.165, 1.54) is 5.69 Å². The molecule has 0 bridgehead atoms. The van der Waals surface area contributed by atoms with Crippen molar-refractivity contribution in [2.24, 2.45) is 7.05 Å². The Labute approximate surface area is 93.0 Å². The molecule has 1 unspecified atom stereocenters. The largest absolute Gasteiger partial charge is 0.302 e. The third kappa shape index (κ3) is 2.43. The summed E-state index contributed by atoms with van der Waals surface area (Å²) in [6.07, 6.45) is 3.65. The number of aryl methyl sites for hydroxylation is 1. The molecule has 2 aromatic rings. The van der Waals surface area contributed by atoms with Crippen LogP contribution >= 0.6 is 11.3 Å². The quantitative estimate of drug-likeness (QED) is 0.856. The summed E-state index contributed by atoms with van der Waals surface area (Å²) in [7, 11) is 1.96. The fourth-order valence-corrected chi connectivity index (χ4v) is 2.06. The summed E-state index contributed by atoms with van der Waals surface area (Å²) >= 11 is 1.67. The molecule has 0 fully saturated rings. The molecule has 1 atom stereocenters. The van der Waals surface area contributed by atoms with Crippen LogP contribution in [0.15, 0.2) is 23.8 Å². The maximum absolute atomic E-state index is 4.23. The molecule has 0 radical (unpaired) electrons. The number of nitrogens with one attached hydrogen (secondary N) is 1. The van der Waals surface area contributed by atoms with Gasteiger partial charge in [0, 0.05) is 37.4 Å². The van der Waals surface area contributed by atoms with E-state index in [1.807, 2.05) is 35.6 Å². The van der Waals surface area contributed by atoms with Gasteiger partial charge in [0.1, 0.15) is 5.01 Å². The first-order valence-corrected chi connectivity index (χ1v) is 5.75. The molecule has 0 aliphatic carbocycles. The van der Waals surface area contributed by atoms with E-state index in [1.54, 1.807) is 11.3 Å². The first kappa shape index (κ1) is 10.3. The van der Waals surface area contributed by atoms with Crippen LogP contribution < -0.4 is 5.32 Å². The first-order valence-electron chi connectivity index (χ1n) is 4.87. The smallest absolute Gasteiger partial charge is 0.106 e. The van der Waals surface area contributed by atoms with Crippen molar-refractivity contribution < 1.29 is 0 Å². The molecule has 1 N–H and O–H groups in total. The molecular formula is C10H14N4S. The predicted molar refractivity (Wildman–Crippen MR) is 60.6 cm³/mol. The van der Waals surface area contributed by atoms with Gasteiger partial charge in [-0.15, -0.1) is 11.3 Å². The minimum absolute atomic E-state index is 0.293. The second-order valence-corrected chi connectivity index (χ2v) is 4.39. The third-order valence-corrected chi connectivity index (χ3v) is 3.13. The van der Waals surface area contributed by atoms with Gasteiger partial charge >= 0.3 is 0 Å². The van der Waals surface area contributed by atoms with Gasteiger partial charge in [-0.2, -0.15) is 5.10 Å². The minimum Gasteiger partial charge on any atom is -0.302 e. The lowest BCUT2D eigenvalue weighted by atomic mass is 10.2. The molecule has 2 rings (SSSR count). The Hall–Kier alpha value is -1.20. The van der Waals surface area contributed by atoms with E-state index in [4.69, 9.17) is 0 Å². The minimum atomic E-state index is 0.293. The molecule has 0 aliphatic heterocycles. The Morgan fingerprint density at radius 1 is 1.53 bits per heavy atom. The van der Waals surface area contributed by atoms with Gasteiger partial charge < -0.3 is 5.32 Å². The van der Waals surface area contributed by atoms with E-state index in [0.29, 0.717) is 6.04 Å². The zero-order valence-corrected chi connectivity index (χ0v) is 9.66. The van der Waals surface area contributed by atoms with E-state index in [-0.39, 0.29) is 0 Å². The first-order chi connectivity index (χ1) is 7.27. The fourth-order valence-electron chi connectivity index (χ4n) is 1.49. The molecule has 15 heavy (non-hydrogen) atoms. The van der Waals surface area contributed by atoms with E-state index in [2.05, 4.69) is 22.3 Å². The number of hydrogen-bond donors (Lipinski definition) is 1. The molecule has 0 aliphatic rings. The average molecular weight is 222 g/mol. The number of hydrogen-bond acceptors (Lipinski definition) is 4. The van der Waals surface area contributed by atoms with E-state index >= 15 is 0 Å². The molecule has 0 amide bonds. The standard InChI is InChI=1S/C10H14N4S/c1-8(9-3-4-13-14(9)2)12-7-10-11-5-6-15-10/h3-6,8,12H,7H2,1-2H3. The molecule has 2 heterocycles. The van der Waals surface area contributed by atoms with E-state index in [0.717, 1.165) is 11.6 Å². The highest BCUT2D eigenvalue weighted by Crippen LogP contribution is 2.12. The monoisotopic (exact) mass is 222 g/mol. The van der Waals surface area contributed by atoms with Crippen molar-refractivity contribution in [2.75, 3.05) is 0 Å². The molecule has 0 aromatic carbocycles. The summed E-state index contributed by atoms with van der Waals surface area (Å²) in [6, 6.07) is 2.32. The maximum Gasteiger partial charge on any atom is 0.106 e. The predicted octanol–water partition coefficient (Wildman–Crippen LogP) is 1.73. The average Bonchev–Trinajstić information content (AvgIpc) is 2.84. The van der Waals surface area contributed by atoms with Gasteiger partial charge in [0.05, 0.1) is 5.69 Å². The fraction of sp³-hybridized carbons (Fsp3) is 0.400. The molecule has 5 heteroatoms. The second kappa shape index (κ2) is 4.55. The van der Waals surface area contributed by atoms with Crippen LogP contribution in [0.4, 0.5) is 0 Å². The second-order valence-electron chi connectivity index (χ2n) is 3.41. The van der Waals surface area contributed by atoms with Crippen LogP contribution in [0.25, 0.3) is 0 Å². The molecular weight excluding hydrogens is 208 g/mol. The Morgan fingerprint density at radius 2 is 2.40 bits per heavy atom. The normalized spacial score (nSPS) is 12.9.